The summed E-state index contributed by atoms with van der Waals surface area (Å²) >= 11 is 0. The lowest BCUT2D eigenvalue weighted by molar-refractivity contribution is -0.387. The van der Waals surface area contributed by atoms with Gasteiger partial charge in [-0.2, -0.15) is 4.39 Å². The summed E-state index contributed by atoms with van der Waals surface area (Å²) in [7, 11) is 1.97. The molecule has 2 rings (SSSR count). The third kappa shape index (κ3) is 5.00. The summed E-state index contributed by atoms with van der Waals surface area (Å²) in [4.78, 5) is 38.8. The summed E-state index contributed by atoms with van der Waals surface area (Å²) in [5.74, 6) is -2.26. The molecular formula is C18H25FN4O4. The first-order chi connectivity index (χ1) is 12.7. The minimum atomic E-state index is -0.998. The molecule has 8 nitrogen and oxygen atoms in total. The minimum absolute atomic E-state index is 0.221. The van der Waals surface area contributed by atoms with E-state index >= 15 is 0 Å². The number of nitro groups is 1. The summed E-state index contributed by atoms with van der Waals surface area (Å²) in [5, 5.41) is 13.6. The van der Waals surface area contributed by atoms with Crippen LogP contribution in [0.3, 0.4) is 0 Å². The third-order valence-corrected chi connectivity index (χ3v) is 4.82. The van der Waals surface area contributed by atoms with Crippen LogP contribution in [0.25, 0.3) is 0 Å². The van der Waals surface area contributed by atoms with Gasteiger partial charge in [0.1, 0.15) is 0 Å². The predicted molar refractivity (Wildman–Crippen MR) is 97.8 cm³/mol. The van der Waals surface area contributed by atoms with Crippen molar-refractivity contribution in [3.8, 4) is 0 Å². The van der Waals surface area contributed by atoms with E-state index in [4.69, 9.17) is 0 Å². The number of nitrogens with zero attached hydrogens (tertiary/aromatic N) is 3. The van der Waals surface area contributed by atoms with E-state index in [-0.39, 0.29) is 18.2 Å². The van der Waals surface area contributed by atoms with Gasteiger partial charge in [0.25, 0.3) is 0 Å². The van der Waals surface area contributed by atoms with Crippen LogP contribution in [-0.2, 0) is 9.59 Å². The molecule has 0 unspecified atom stereocenters. The molecule has 0 radical (unpaired) electrons. The molecule has 0 aromatic heterocycles. The number of nitro benzene ring substituents is 1. The van der Waals surface area contributed by atoms with Crippen molar-refractivity contribution in [3.63, 3.8) is 0 Å². The average Bonchev–Trinajstić information content (AvgIpc) is 2.62. The number of carbonyl (C=O) groups excluding carboxylic acids is 2. The highest BCUT2D eigenvalue weighted by molar-refractivity contribution is 5.86. The number of halogens is 1. The molecule has 1 aliphatic heterocycles. The van der Waals surface area contributed by atoms with Crippen molar-refractivity contribution in [3.05, 3.63) is 39.7 Å². The van der Waals surface area contributed by atoms with E-state index in [0.29, 0.717) is 18.7 Å². The van der Waals surface area contributed by atoms with E-state index in [1.807, 2.05) is 7.05 Å². The zero-order valence-electron chi connectivity index (χ0n) is 15.8. The van der Waals surface area contributed by atoms with Crippen LogP contribution < -0.4 is 5.32 Å². The lowest BCUT2D eigenvalue weighted by Gasteiger charge is -2.36. The van der Waals surface area contributed by atoms with Gasteiger partial charge in [-0.05, 0) is 25.6 Å². The van der Waals surface area contributed by atoms with Gasteiger partial charge in [0.2, 0.25) is 17.6 Å². The Morgan fingerprint density at radius 1 is 1.30 bits per heavy atom. The average molecular weight is 380 g/mol. The number of benzene rings is 1. The van der Waals surface area contributed by atoms with E-state index in [1.165, 1.54) is 6.07 Å². The molecule has 148 valence electrons. The highest BCUT2D eigenvalue weighted by atomic mass is 19.1. The van der Waals surface area contributed by atoms with Crippen LogP contribution in [0.15, 0.2) is 18.2 Å². The van der Waals surface area contributed by atoms with E-state index in [0.717, 1.165) is 25.2 Å². The molecule has 0 saturated carbocycles. The van der Waals surface area contributed by atoms with E-state index in [2.05, 4.69) is 10.2 Å². The van der Waals surface area contributed by atoms with Crippen LogP contribution in [0.4, 0.5) is 10.1 Å². The van der Waals surface area contributed by atoms with E-state index < -0.39 is 28.4 Å². The fourth-order valence-corrected chi connectivity index (χ4v) is 3.17. The predicted octanol–water partition coefficient (Wildman–Crippen LogP) is 1.51. The normalized spacial score (nSPS) is 17.3. The molecule has 1 heterocycles. The Kier molecular flexibility index (Phi) is 6.84. The van der Waals surface area contributed by atoms with Crippen molar-refractivity contribution in [1.82, 2.24) is 15.1 Å². The van der Waals surface area contributed by atoms with E-state index in [1.54, 1.807) is 18.7 Å². The first-order valence-electron chi connectivity index (χ1n) is 8.95. The van der Waals surface area contributed by atoms with Gasteiger partial charge in [-0.25, -0.2) is 0 Å². The van der Waals surface area contributed by atoms with Gasteiger partial charge in [0.15, 0.2) is 0 Å². The van der Waals surface area contributed by atoms with Gasteiger partial charge in [-0.3, -0.25) is 19.7 Å². The van der Waals surface area contributed by atoms with Gasteiger partial charge in [0, 0.05) is 44.7 Å². The Hall–Kier alpha value is -2.55. The third-order valence-electron chi connectivity index (χ3n) is 4.82. The van der Waals surface area contributed by atoms with Crippen LogP contribution in [0.2, 0.25) is 0 Å². The van der Waals surface area contributed by atoms with Crippen LogP contribution >= 0.6 is 0 Å². The maximum atomic E-state index is 14.1. The number of hydrogen-bond acceptors (Lipinski definition) is 5. The molecule has 1 saturated heterocycles. The van der Waals surface area contributed by atoms with E-state index in [9.17, 15) is 24.1 Å². The topological polar surface area (TPSA) is 95.8 Å². The first-order valence-corrected chi connectivity index (χ1v) is 8.95. The Bertz CT molecular complexity index is 719. The highest BCUT2D eigenvalue weighted by Gasteiger charge is 2.33. The second-order valence-electron chi connectivity index (χ2n) is 6.78. The largest absolute Gasteiger partial charge is 0.353 e. The van der Waals surface area contributed by atoms with Crippen LogP contribution in [-0.4, -0.2) is 65.8 Å². The number of piperazine rings is 1. The molecule has 1 aromatic rings. The van der Waals surface area contributed by atoms with Gasteiger partial charge < -0.3 is 15.1 Å². The number of amides is 2. The molecule has 1 fully saturated rings. The molecular weight excluding hydrogens is 355 g/mol. The van der Waals surface area contributed by atoms with Crippen LogP contribution in [0.1, 0.15) is 31.7 Å². The zero-order chi connectivity index (χ0) is 20.1. The molecule has 27 heavy (non-hydrogen) atoms. The fourth-order valence-electron chi connectivity index (χ4n) is 3.17. The molecule has 2 atom stereocenters. The Morgan fingerprint density at radius 2 is 1.93 bits per heavy atom. The number of carbonyl (C=O) groups is 2. The quantitative estimate of drug-likeness (QED) is 0.596. The van der Waals surface area contributed by atoms with Gasteiger partial charge in [-0.15, -0.1) is 0 Å². The smallest absolute Gasteiger partial charge is 0.304 e. The maximum absolute atomic E-state index is 14.1. The summed E-state index contributed by atoms with van der Waals surface area (Å²) in [5.41, 5.74) is -0.333. The van der Waals surface area contributed by atoms with Crippen molar-refractivity contribution in [1.29, 1.82) is 0 Å². The van der Waals surface area contributed by atoms with Crippen molar-refractivity contribution >= 4 is 17.5 Å². The Labute approximate surface area is 157 Å². The summed E-state index contributed by atoms with van der Waals surface area (Å²) in [6.45, 7) is 5.91. The Balaban J connectivity index is 2.34. The molecule has 0 bridgehead atoms. The van der Waals surface area contributed by atoms with Crippen molar-refractivity contribution < 1.29 is 18.9 Å². The van der Waals surface area contributed by atoms with Crippen molar-refractivity contribution in [2.75, 3.05) is 33.2 Å². The fraction of sp³-hybridized carbons (Fsp3) is 0.556. The van der Waals surface area contributed by atoms with Crippen LogP contribution in [0.5, 0.6) is 0 Å². The SMILES string of the molecule is CCC(=O)N[C@H](C)[C@@H](C(=O)N1CCN(C)CC1)c1ccc([N+](=O)[O-])c(F)c1. The molecule has 1 aromatic carbocycles. The summed E-state index contributed by atoms with van der Waals surface area (Å²) < 4.78 is 14.1. The lowest BCUT2D eigenvalue weighted by atomic mass is 9.90. The monoisotopic (exact) mass is 380 g/mol. The molecule has 1 aliphatic rings. The molecule has 0 aliphatic carbocycles. The minimum Gasteiger partial charge on any atom is -0.353 e. The number of hydrogen-bond donors (Lipinski definition) is 1. The number of nitrogens with one attached hydrogen (secondary N) is 1. The zero-order valence-corrected chi connectivity index (χ0v) is 15.8. The number of likely N-dealkylation sites (N-methyl/N-ethyl adjacent to an activating group) is 1. The van der Waals surface area contributed by atoms with Gasteiger partial charge >= 0.3 is 5.69 Å². The second-order valence-corrected chi connectivity index (χ2v) is 6.78. The van der Waals surface area contributed by atoms with Crippen molar-refractivity contribution in [2.45, 2.75) is 32.2 Å². The number of rotatable bonds is 6. The molecule has 0 spiro atoms. The highest BCUT2D eigenvalue weighted by Crippen LogP contribution is 2.27. The second kappa shape index (κ2) is 8.90. The first kappa shape index (κ1) is 20.8. The van der Waals surface area contributed by atoms with Crippen LogP contribution in [0, 0.1) is 15.9 Å². The summed E-state index contributed by atoms with van der Waals surface area (Å²) in [6.07, 6.45) is 0.258. The van der Waals surface area contributed by atoms with Gasteiger partial charge in [0.05, 0.1) is 10.8 Å². The summed E-state index contributed by atoms with van der Waals surface area (Å²) in [6, 6.07) is 2.88. The van der Waals surface area contributed by atoms with Gasteiger partial charge in [-0.1, -0.05) is 13.0 Å². The molecule has 1 N–H and O–H groups in total. The Morgan fingerprint density at radius 3 is 2.44 bits per heavy atom. The molecule has 2 amide bonds. The molecule has 9 heteroatoms. The lowest BCUT2D eigenvalue weighted by Crippen LogP contribution is -2.51. The standard InChI is InChI=1S/C18H25FN4O4/c1-4-16(24)20-12(2)17(18(25)22-9-7-21(3)8-10-22)13-5-6-15(23(26)27)14(19)11-13/h5-6,11-12,17H,4,7-10H2,1-3H3,(H,20,24)/t12-,17-/m1/s1. The maximum Gasteiger partial charge on any atom is 0.304 e. The van der Waals surface area contributed by atoms with Crippen molar-refractivity contribution in [2.24, 2.45) is 0 Å².